The summed E-state index contributed by atoms with van der Waals surface area (Å²) in [5.41, 5.74) is -0.386. The van der Waals surface area contributed by atoms with E-state index in [1.807, 2.05) is 30.3 Å². The molecule has 2 aromatic rings. The van der Waals surface area contributed by atoms with Crippen LogP contribution in [0.15, 0.2) is 48.5 Å². The lowest BCUT2D eigenvalue weighted by molar-refractivity contribution is -0.132. The molecule has 2 amide bonds. The van der Waals surface area contributed by atoms with Crippen LogP contribution in [0.2, 0.25) is 0 Å². The number of nitrogens with one attached hydrogen (secondary N) is 1. The van der Waals surface area contributed by atoms with Crippen molar-refractivity contribution in [2.24, 2.45) is 5.41 Å². The van der Waals surface area contributed by atoms with Gasteiger partial charge in [-0.25, -0.2) is 8.78 Å². The standard InChI is InChI=1S/C21H22F2N2O2/c1-21(20(27)24-13-15-7-3-2-4-8-15)11-6-12-25(14-21)19(26)18-16(22)9-5-10-17(18)23/h2-5,7-10H,6,11-14H2,1H3,(H,24,27)/t21-/m0/s1. The van der Waals surface area contributed by atoms with Crippen LogP contribution in [0.1, 0.15) is 35.7 Å². The maximum Gasteiger partial charge on any atom is 0.259 e. The zero-order chi connectivity index (χ0) is 19.4. The number of benzene rings is 2. The molecule has 0 unspecified atom stereocenters. The first-order valence-corrected chi connectivity index (χ1v) is 8.96. The number of hydrogen-bond donors (Lipinski definition) is 1. The van der Waals surface area contributed by atoms with Gasteiger partial charge in [0, 0.05) is 19.6 Å². The maximum absolute atomic E-state index is 13.9. The molecule has 1 N–H and O–H groups in total. The van der Waals surface area contributed by atoms with Crippen LogP contribution in [-0.4, -0.2) is 29.8 Å². The van der Waals surface area contributed by atoms with Gasteiger partial charge in [-0.05, 0) is 37.5 Å². The molecule has 1 heterocycles. The maximum atomic E-state index is 13.9. The zero-order valence-electron chi connectivity index (χ0n) is 15.2. The second kappa shape index (κ2) is 7.86. The van der Waals surface area contributed by atoms with Crippen LogP contribution in [0.25, 0.3) is 0 Å². The molecule has 0 saturated carbocycles. The number of piperidine rings is 1. The molecule has 0 radical (unpaired) electrons. The van der Waals surface area contributed by atoms with Crippen LogP contribution >= 0.6 is 0 Å². The van der Waals surface area contributed by atoms with Gasteiger partial charge in [0.05, 0.1) is 5.41 Å². The fourth-order valence-corrected chi connectivity index (χ4v) is 3.45. The average molecular weight is 372 g/mol. The third kappa shape index (κ3) is 4.15. The van der Waals surface area contributed by atoms with E-state index >= 15 is 0 Å². The van der Waals surface area contributed by atoms with Gasteiger partial charge in [-0.15, -0.1) is 0 Å². The highest BCUT2D eigenvalue weighted by Gasteiger charge is 2.40. The van der Waals surface area contributed by atoms with Crippen molar-refractivity contribution in [3.63, 3.8) is 0 Å². The minimum Gasteiger partial charge on any atom is -0.351 e. The number of rotatable bonds is 4. The number of amides is 2. The van der Waals surface area contributed by atoms with Gasteiger partial charge in [-0.3, -0.25) is 9.59 Å². The van der Waals surface area contributed by atoms with Crippen LogP contribution in [0.4, 0.5) is 8.78 Å². The van der Waals surface area contributed by atoms with E-state index in [1.165, 1.54) is 11.0 Å². The summed E-state index contributed by atoms with van der Waals surface area (Å²) in [7, 11) is 0. The Kier molecular flexibility index (Phi) is 5.54. The van der Waals surface area contributed by atoms with Gasteiger partial charge in [0.15, 0.2) is 0 Å². The van der Waals surface area contributed by atoms with E-state index in [0.29, 0.717) is 25.9 Å². The fourth-order valence-electron chi connectivity index (χ4n) is 3.45. The third-order valence-electron chi connectivity index (χ3n) is 5.00. The quantitative estimate of drug-likeness (QED) is 0.893. The van der Waals surface area contributed by atoms with Gasteiger partial charge in [-0.2, -0.15) is 0 Å². The molecule has 1 aliphatic rings. The van der Waals surface area contributed by atoms with E-state index in [4.69, 9.17) is 0 Å². The van der Waals surface area contributed by atoms with Crippen LogP contribution in [-0.2, 0) is 11.3 Å². The molecular formula is C21H22F2N2O2. The van der Waals surface area contributed by atoms with Gasteiger partial charge in [0.2, 0.25) is 5.91 Å². The third-order valence-corrected chi connectivity index (χ3v) is 5.00. The van der Waals surface area contributed by atoms with Gasteiger partial charge in [-0.1, -0.05) is 36.4 Å². The first kappa shape index (κ1) is 19.0. The van der Waals surface area contributed by atoms with E-state index in [1.54, 1.807) is 6.92 Å². The topological polar surface area (TPSA) is 49.4 Å². The van der Waals surface area contributed by atoms with Gasteiger partial charge in [0.1, 0.15) is 17.2 Å². The smallest absolute Gasteiger partial charge is 0.259 e. The minimum atomic E-state index is -0.888. The lowest BCUT2D eigenvalue weighted by Crippen LogP contribution is -2.52. The first-order chi connectivity index (χ1) is 12.9. The predicted octanol–water partition coefficient (Wildman–Crippen LogP) is 3.52. The van der Waals surface area contributed by atoms with Gasteiger partial charge >= 0.3 is 0 Å². The molecule has 0 aliphatic carbocycles. The van der Waals surface area contributed by atoms with Gasteiger partial charge < -0.3 is 10.2 Å². The molecule has 1 aliphatic heterocycles. The molecule has 0 spiro atoms. The molecule has 6 heteroatoms. The Labute approximate surface area is 157 Å². The Hall–Kier alpha value is -2.76. The van der Waals surface area contributed by atoms with E-state index in [-0.39, 0.29) is 12.5 Å². The van der Waals surface area contributed by atoms with Crippen molar-refractivity contribution in [2.45, 2.75) is 26.3 Å². The van der Waals surface area contributed by atoms with Crippen LogP contribution < -0.4 is 5.32 Å². The summed E-state index contributed by atoms with van der Waals surface area (Å²) in [5, 5.41) is 2.91. The second-order valence-electron chi connectivity index (χ2n) is 7.16. The van der Waals surface area contributed by atoms with Crippen LogP contribution in [0.5, 0.6) is 0 Å². The Morgan fingerprint density at radius 1 is 1.07 bits per heavy atom. The molecule has 1 fully saturated rings. The highest BCUT2D eigenvalue weighted by molar-refractivity contribution is 5.95. The number of carbonyl (C=O) groups excluding carboxylic acids is 2. The second-order valence-corrected chi connectivity index (χ2v) is 7.16. The summed E-state index contributed by atoms with van der Waals surface area (Å²) >= 11 is 0. The summed E-state index contributed by atoms with van der Waals surface area (Å²) < 4.78 is 27.9. The van der Waals surface area contributed by atoms with Crippen molar-refractivity contribution in [1.29, 1.82) is 0 Å². The average Bonchev–Trinajstić information content (AvgIpc) is 2.66. The summed E-state index contributed by atoms with van der Waals surface area (Å²) in [5.74, 6) is -2.66. The number of hydrogen-bond acceptors (Lipinski definition) is 2. The lowest BCUT2D eigenvalue weighted by Gasteiger charge is -2.39. The normalized spacial score (nSPS) is 19.6. The van der Waals surface area contributed by atoms with E-state index in [2.05, 4.69) is 5.32 Å². The van der Waals surface area contributed by atoms with E-state index < -0.39 is 28.5 Å². The van der Waals surface area contributed by atoms with Crippen molar-refractivity contribution in [2.75, 3.05) is 13.1 Å². The molecule has 0 aromatic heterocycles. The molecule has 142 valence electrons. The Balaban J connectivity index is 1.70. The summed E-state index contributed by atoms with van der Waals surface area (Å²) in [4.78, 5) is 26.7. The molecule has 27 heavy (non-hydrogen) atoms. The molecule has 2 aromatic carbocycles. The lowest BCUT2D eigenvalue weighted by atomic mass is 9.80. The van der Waals surface area contributed by atoms with Crippen molar-refractivity contribution in [3.8, 4) is 0 Å². The van der Waals surface area contributed by atoms with Crippen molar-refractivity contribution >= 4 is 11.8 Å². The monoisotopic (exact) mass is 372 g/mol. The Bertz CT molecular complexity index is 821. The number of halogens is 2. The van der Waals surface area contributed by atoms with Gasteiger partial charge in [0.25, 0.3) is 5.91 Å². The molecule has 3 rings (SSSR count). The molecule has 4 nitrogen and oxygen atoms in total. The van der Waals surface area contributed by atoms with Crippen LogP contribution in [0.3, 0.4) is 0 Å². The highest BCUT2D eigenvalue weighted by Crippen LogP contribution is 2.31. The summed E-state index contributed by atoms with van der Waals surface area (Å²) in [6, 6.07) is 12.9. The largest absolute Gasteiger partial charge is 0.351 e. The number of nitrogens with zero attached hydrogens (tertiary/aromatic N) is 1. The molecular weight excluding hydrogens is 350 g/mol. The van der Waals surface area contributed by atoms with Crippen molar-refractivity contribution in [1.82, 2.24) is 10.2 Å². The fraction of sp³-hybridized carbons (Fsp3) is 0.333. The van der Waals surface area contributed by atoms with E-state index in [0.717, 1.165) is 17.7 Å². The van der Waals surface area contributed by atoms with Crippen molar-refractivity contribution < 1.29 is 18.4 Å². The summed E-state index contributed by atoms with van der Waals surface area (Å²) in [6.45, 7) is 2.67. The zero-order valence-corrected chi connectivity index (χ0v) is 15.2. The van der Waals surface area contributed by atoms with Crippen LogP contribution in [0, 0.1) is 17.0 Å². The number of likely N-dealkylation sites (tertiary alicyclic amines) is 1. The predicted molar refractivity (Wildman–Crippen MR) is 97.9 cm³/mol. The molecule has 1 saturated heterocycles. The molecule has 0 bridgehead atoms. The number of carbonyl (C=O) groups is 2. The Morgan fingerprint density at radius 3 is 2.41 bits per heavy atom. The minimum absolute atomic E-state index is 0.125. The summed E-state index contributed by atoms with van der Waals surface area (Å²) in [6.07, 6.45) is 1.20. The SMILES string of the molecule is C[C@]1(C(=O)NCc2ccccc2)CCCN(C(=O)c2c(F)cccc2F)C1. The first-order valence-electron chi connectivity index (χ1n) is 8.96. The highest BCUT2D eigenvalue weighted by atomic mass is 19.1. The molecule has 1 atom stereocenters. The van der Waals surface area contributed by atoms with Crippen molar-refractivity contribution in [3.05, 3.63) is 71.3 Å². The Morgan fingerprint density at radius 2 is 1.74 bits per heavy atom. The van der Waals surface area contributed by atoms with E-state index in [9.17, 15) is 18.4 Å².